The lowest BCUT2D eigenvalue weighted by atomic mass is 9.97. The highest BCUT2D eigenvalue weighted by molar-refractivity contribution is 6.60. The molecule has 0 saturated heterocycles. The molecule has 0 aromatic rings. The summed E-state index contributed by atoms with van der Waals surface area (Å²) in [7, 11) is -2.35. The molecule has 2 aliphatic carbocycles. The smallest absolute Gasteiger partial charge is 0.374 e. The van der Waals surface area contributed by atoms with Crippen molar-refractivity contribution in [2.45, 2.75) is 124 Å². The fourth-order valence-corrected chi connectivity index (χ4v) is 7.07. The molecular weight excluding hydrogens is 388 g/mol. The Bertz CT molecular complexity index is 430. The van der Waals surface area contributed by atoms with E-state index >= 15 is 0 Å². The van der Waals surface area contributed by atoms with Crippen LogP contribution in [-0.4, -0.2) is 28.6 Å². The molecule has 0 spiro atoms. The van der Waals surface area contributed by atoms with Gasteiger partial charge in [-0.1, -0.05) is 51.2 Å². The molecule has 0 fully saturated rings. The number of hydrogen-bond donors (Lipinski definition) is 0. The highest BCUT2D eigenvalue weighted by atomic mass is 28.4. The van der Waals surface area contributed by atoms with Crippen LogP contribution in [0.5, 0.6) is 0 Å². The fourth-order valence-electron chi connectivity index (χ4n) is 4.38. The van der Waals surface area contributed by atoms with Crippen LogP contribution in [0.1, 0.15) is 118 Å². The molecule has 0 aromatic heterocycles. The van der Waals surface area contributed by atoms with E-state index in [2.05, 4.69) is 19.1 Å². The highest BCUT2D eigenvalue weighted by Crippen LogP contribution is 2.29. The van der Waals surface area contributed by atoms with E-state index in [9.17, 15) is 0 Å². The molecule has 0 amide bonds. The molecule has 4 heteroatoms. The molecular formula is C26H50O3Si. The largest absolute Gasteiger partial charge is 0.500 e. The Morgan fingerprint density at radius 3 is 1.57 bits per heavy atom. The van der Waals surface area contributed by atoms with Gasteiger partial charge >= 0.3 is 8.80 Å². The van der Waals surface area contributed by atoms with Crippen molar-refractivity contribution in [1.82, 2.24) is 0 Å². The van der Waals surface area contributed by atoms with E-state index in [4.69, 9.17) is 13.3 Å². The van der Waals surface area contributed by atoms with Crippen molar-refractivity contribution in [3.05, 3.63) is 23.3 Å². The lowest BCUT2D eigenvalue weighted by molar-refractivity contribution is 0.0706. The molecule has 0 atom stereocenters. The van der Waals surface area contributed by atoms with E-state index in [1.54, 1.807) is 11.1 Å². The van der Waals surface area contributed by atoms with Crippen LogP contribution in [0.2, 0.25) is 6.04 Å². The van der Waals surface area contributed by atoms with Gasteiger partial charge in [0.2, 0.25) is 0 Å². The third kappa shape index (κ3) is 11.8. The topological polar surface area (TPSA) is 27.7 Å². The summed E-state index contributed by atoms with van der Waals surface area (Å²) in [6.07, 6.45) is 23.9. The predicted molar refractivity (Wildman–Crippen MR) is 132 cm³/mol. The van der Waals surface area contributed by atoms with Crippen LogP contribution in [-0.2, 0) is 13.3 Å². The van der Waals surface area contributed by atoms with Crippen LogP contribution in [0.15, 0.2) is 23.3 Å². The van der Waals surface area contributed by atoms with Crippen molar-refractivity contribution in [3.63, 3.8) is 0 Å². The van der Waals surface area contributed by atoms with Crippen LogP contribution >= 0.6 is 0 Å². The predicted octanol–water partition coefficient (Wildman–Crippen LogP) is 8.38. The zero-order chi connectivity index (χ0) is 21.9. The Morgan fingerprint density at radius 1 is 0.633 bits per heavy atom. The quantitative estimate of drug-likeness (QED) is 0.226. The van der Waals surface area contributed by atoms with Crippen molar-refractivity contribution in [2.75, 3.05) is 19.8 Å². The number of hydrogen-bond acceptors (Lipinski definition) is 3. The molecule has 0 saturated carbocycles. The van der Waals surface area contributed by atoms with E-state index in [-0.39, 0.29) is 0 Å². The van der Waals surface area contributed by atoms with E-state index in [0.29, 0.717) is 19.8 Å². The van der Waals surface area contributed by atoms with E-state index in [0.717, 1.165) is 12.5 Å². The molecule has 3 nitrogen and oxygen atoms in total. The van der Waals surface area contributed by atoms with E-state index < -0.39 is 8.80 Å². The average molecular weight is 439 g/mol. The van der Waals surface area contributed by atoms with Gasteiger partial charge in [0, 0.05) is 25.9 Å². The molecule has 0 aliphatic heterocycles. The minimum Gasteiger partial charge on any atom is -0.374 e. The lowest BCUT2D eigenvalue weighted by Crippen LogP contribution is -2.45. The maximum Gasteiger partial charge on any atom is 0.500 e. The molecule has 30 heavy (non-hydrogen) atoms. The van der Waals surface area contributed by atoms with Gasteiger partial charge < -0.3 is 13.3 Å². The molecule has 0 heterocycles. The summed E-state index contributed by atoms with van der Waals surface area (Å²) in [5, 5.41) is 0. The standard InChI is InChI=1S/C14H22.C12H28O3Si/c1-2-6-10-13(9-5-1)14-11-7-3-4-8-12-14;1-5-9-10-11-12-16(13-6-2,14-7-3)15-8-4/h9,11H,1-8,10,12H2;5-12H2,1-4H3. The van der Waals surface area contributed by atoms with Crippen LogP contribution in [0, 0.1) is 0 Å². The van der Waals surface area contributed by atoms with Gasteiger partial charge in [0.25, 0.3) is 0 Å². The summed E-state index contributed by atoms with van der Waals surface area (Å²) in [6.45, 7) is 10.3. The molecule has 0 N–H and O–H groups in total. The molecule has 2 rings (SSSR count). The first-order chi connectivity index (χ1) is 14.7. The summed E-state index contributed by atoms with van der Waals surface area (Å²) in [4.78, 5) is 0. The molecule has 0 unspecified atom stereocenters. The zero-order valence-corrected chi connectivity index (χ0v) is 21.6. The maximum atomic E-state index is 5.79. The Balaban J connectivity index is 0.000000301. The number of allylic oxidation sites excluding steroid dienone is 4. The van der Waals surface area contributed by atoms with Gasteiger partial charge in [0.15, 0.2) is 0 Å². The Labute approximate surface area is 189 Å². The molecule has 2 aliphatic rings. The third-order valence-corrected chi connectivity index (χ3v) is 9.08. The van der Waals surface area contributed by atoms with Crippen molar-refractivity contribution < 1.29 is 13.3 Å². The minimum absolute atomic E-state index is 0.681. The van der Waals surface area contributed by atoms with Gasteiger partial charge in [-0.05, 0) is 89.7 Å². The van der Waals surface area contributed by atoms with Crippen molar-refractivity contribution in [2.24, 2.45) is 0 Å². The maximum absolute atomic E-state index is 5.79. The second kappa shape index (κ2) is 18.2. The van der Waals surface area contributed by atoms with E-state index in [1.165, 1.54) is 83.5 Å². The van der Waals surface area contributed by atoms with Gasteiger partial charge in [-0.25, -0.2) is 0 Å². The Morgan fingerprint density at radius 2 is 1.13 bits per heavy atom. The lowest BCUT2D eigenvalue weighted by Gasteiger charge is -2.28. The van der Waals surface area contributed by atoms with Gasteiger partial charge in [0.1, 0.15) is 0 Å². The van der Waals surface area contributed by atoms with E-state index in [1.807, 2.05) is 20.8 Å². The SMILES string of the molecule is C1=C(C2=CCCCCC2)CCCCC1.CCCCCC[Si](OCC)(OCC)OCC. The van der Waals surface area contributed by atoms with Crippen molar-refractivity contribution in [1.29, 1.82) is 0 Å². The number of rotatable bonds is 12. The van der Waals surface area contributed by atoms with Crippen LogP contribution in [0.25, 0.3) is 0 Å². The molecule has 0 bridgehead atoms. The van der Waals surface area contributed by atoms with Gasteiger partial charge in [-0.15, -0.1) is 0 Å². The summed E-state index contributed by atoms with van der Waals surface area (Å²) in [5.41, 5.74) is 3.40. The monoisotopic (exact) mass is 438 g/mol. The summed E-state index contributed by atoms with van der Waals surface area (Å²) >= 11 is 0. The zero-order valence-electron chi connectivity index (χ0n) is 20.6. The minimum atomic E-state index is -2.35. The first-order valence-corrected chi connectivity index (χ1v) is 14.9. The normalized spacial score (nSPS) is 17.9. The van der Waals surface area contributed by atoms with Gasteiger partial charge in [-0.2, -0.15) is 0 Å². The summed E-state index contributed by atoms with van der Waals surface area (Å²) in [5.74, 6) is 0. The third-order valence-electron chi connectivity index (χ3n) is 5.92. The Hall–Kier alpha value is -0.423. The fraction of sp³-hybridized carbons (Fsp3) is 0.846. The van der Waals surface area contributed by atoms with Crippen molar-refractivity contribution >= 4 is 8.80 Å². The molecule has 0 radical (unpaired) electrons. The van der Waals surface area contributed by atoms with Gasteiger partial charge in [-0.3, -0.25) is 0 Å². The first kappa shape index (κ1) is 27.6. The van der Waals surface area contributed by atoms with Crippen LogP contribution < -0.4 is 0 Å². The molecule has 0 aromatic carbocycles. The average Bonchev–Trinajstić information content (AvgIpc) is 3.17. The second-order valence-corrected chi connectivity index (χ2v) is 11.2. The van der Waals surface area contributed by atoms with Crippen LogP contribution in [0.3, 0.4) is 0 Å². The number of unbranched alkanes of at least 4 members (excludes halogenated alkanes) is 3. The first-order valence-electron chi connectivity index (χ1n) is 13.0. The highest BCUT2D eigenvalue weighted by Gasteiger charge is 2.39. The van der Waals surface area contributed by atoms with Crippen LogP contribution in [0.4, 0.5) is 0 Å². The molecule has 176 valence electrons. The summed E-state index contributed by atoms with van der Waals surface area (Å²) in [6, 6.07) is 0.961. The summed E-state index contributed by atoms with van der Waals surface area (Å²) < 4.78 is 17.4. The Kier molecular flexibility index (Phi) is 16.7. The second-order valence-electron chi connectivity index (χ2n) is 8.45. The van der Waals surface area contributed by atoms with Crippen molar-refractivity contribution in [3.8, 4) is 0 Å². The van der Waals surface area contributed by atoms with Gasteiger partial charge in [0.05, 0.1) is 0 Å².